The van der Waals surface area contributed by atoms with E-state index in [1.807, 2.05) is 6.26 Å². The molecule has 2 aliphatic heterocycles. The molecule has 0 N–H and O–H groups in total. The Hall–Kier alpha value is 0.0300. The molecule has 1 amide bonds. The number of carbonyl (C=O) groups is 2. The van der Waals surface area contributed by atoms with Crippen LogP contribution in [0.25, 0.3) is 0 Å². The molecule has 0 bridgehead atoms. The number of carbonyl (C=O) groups excluding carboxylic acids is 2. The van der Waals surface area contributed by atoms with Gasteiger partial charge >= 0.3 is 29.6 Å². The van der Waals surface area contributed by atoms with Crippen LogP contribution in [0.5, 0.6) is 0 Å². The Labute approximate surface area is 108 Å². The number of aliphatic carboxylic acids is 1. The van der Waals surface area contributed by atoms with Gasteiger partial charge < -0.3 is 14.8 Å². The molecule has 1 unspecified atom stereocenters. The van der Waals surface area contributed by atoms with Crippen LogP contribution in [-0.4, -0.2) is 29.1 Å². The van der Waals surface area contributed by atoms with Crippen molar-refractivity contribution in [2.45, 2.75) is 18.9 Å². The van der Waals surface area contributed by atoms with Crippen LogP contribution in [-0.2, 0) is 9.59 Å². The van der Waals surface area contributed by atoms with Crippen LogP contribution in [0.2, 0.25) is 0 Å². The van der Waals surface area contributed by atoms with Gasteiger partial charge in [0.15, 0.2) is 0 Å². The molecular weight excluding hydrogens is 213 g/mol. The first kappa shape index (κ1) is 12.1. The molecule has 0 spiro atoms. The summed E-state index contributed by atoms with van der Waals surface area (Å²) in [6.07, 6.45) is 2.96. The number of hydrogen-bond donors (Lipinski definition) is 0. The average molecular weight is 221 g/mol. The molecule has 1 fully saturated rings. The quantitative estimate of drug-likeness (QED) is 0.356. The van der Waals surface area contributed by atoms with E-state index in [1.54, 1.807) is 0 Å². The predicted octanol–water partition coefficient (Wildman–Crippen LogP) is -3.68. The van der Waals surface area contributed by atoms with Gasteiger partial charge in [-0.25, -0.2) is 0 Å². The van der Waals surface area contributed by atoms with Gasteiger partial charge in [-0.2, -0.15) is 0 Å². The van der Waals surface area contributed by atoms with Crippen molar-refractivity contribution >= 4 is 23.6 Å². The number of carboxylic acids is 1. The van der Waals surface area contributed by atoms with E-state index in [1.165, 1.54) is 16.7 Å². The number of thioether (sulfide) groups is 1. The topological polar surface area (TPSA) is 60.4 Å². The third-order valence-corrected chi connectivity index (χ3v) is 3.26. The first-order valence-corrected chi connectivity index (χ1v) is 5.18. The normalized spacial score (nSPS) is 24.2. The summed E-state index contributed by atoms with van der Waals surface area (Å²) in [6, 6.07) is 0.0860. The van der Waals surface area contributed by atoms with Crippen LogP contribution in [0.3, 0.4) is 0 Å². The van der Waals surface area contributed by atoms with E-state index < -0.39 is 5.97 Å². The minimum Gasteiger partial charge on any atom is -0.543 e. The van der Waals surface area contributed by atoms with Gasteiger partial charge in [0, 0.05) is 17.7 Å². The molecule has 0 aromatic rings. The molecule has 0 saturated carbocycles. The van der Waals surface area contributed by atoms with Crippen LogP contribution in [0.1, 0.15) is 12.8 Å². The van der Waals surface area contributed by atoms with E-state index in [9.17, 15) is 14.7 Å². The minimum atomic E-state index is -1.24. The van der Waals surface area contributed by atoms with E-state index in [-0.39, 0.29) is 47.2 Å². The molecule has 0 aliphatic carbocycles. The van der Waals surface area contributed by atoms with Crippen molar-refractivity contribution in [3.63, 3.8) is 0 Å². The van der Waals surface area contributed by atoms with Gasteiger partial charge in [0.1, 0.15) is 0 Å². The maximum atomic E-state index is 11.1. The molecular formula is C8H8NNaO3S. The molecule has 1 atom stereocenters. The number of carboxylic acid groups (broad SMARTS) is 1. The molecule has 0 radical (unpaired) electrons. The number of rotatable bonds is 2. The zero-order valence-electron chi connectivity index (χ0n) is 8.07. The Kier molecular flexibility index (Phi) is 3.69. The standard InChI is InChI=1S/C8H9NO3S.Na/c1-13-5-2-4-3-6(10)9(4)7(5)8(11)12;/h4H,2-3H2,1H3,(H,11,12);/q;+1/p-1. The first-order chi connectivity index (χ1) is 6.15. The third kappa shape index (κ3) is 1.62. The summed E-state index contributed by atoms with van der Waals surface area (Å²) in [5, 5.41) is 10.7. The van der Waals surface area contributed by atoms with Crippen LogP contribution in [0.4, 0.5) is 0 Å². The van der Waals surface area contributed by atoms with Gasteiger partial charge in [-0.1, -0.05) is 0 Å². The minimum absolute atomic E-state index is 0. The molecule has 70 valence electrons. The molecule has 4 nitrogen and oxygen atoms in total. The maximum absolute atomic E-state index is 11.1. The van der Waals surface area contributed by atoms with Crippen molar-refractivity contribution in [3.8, 4) is 0 Å². The summed E-state index contributed by atoms with van der Waals surface area (Å²) in [7, 11) is 0. The largest absolute Gasteiger partial charge is 1.00 e. The van der Waals surface area contributed by atoms with Crippen LogP contribution in [0, 0.1) is 0 Å². The second kappa shape index (κ2) is 4.26. The van der Waals surface area contributed by atoms with Gasteiger partial charge in [0.25, 0.3) is 0 Å². The molecule has 2 rings (SSSR count). The molecule has 2 aliphatic rings. The number of fused-ring (bicyclic) bond motifs is 1. The summed E-state index contributed by atoms with van der Waals surface area (Å²) < 4.78 is 0. The summed E-state index contributed by atoms with van der Waals surface area (Å²) >= 11 is 1.38. The van der Waals surface area contributed by atoms with Gasteiger partial charge in [0.05, 0.1) is 17.7 Å². The van der Waals surface area contributed by atoms with E-state index >= 15 is 0 Å². The third-order valence-electron chi connectivity index (χ3n) is 2.41. The van der Waals surface area contributed by atoms with Gasteiger partial charge in [-0.3, -0.25) is 4.79 Å². The summed E-state index contributed by atoms with van der Waals surface area (Å²) in [4.78, 5) is 23.9. The van der Waals surface area contributed by atoms with Gasteiger partial charge in [0.2, 0.25) is 5.91 Å². The summed E-state index contributed by atoms with van der Waals surface area (Å²) in [5.74, 6) is -1.34. The number of hydrogen-bond acceptors (Lipinski definition) is 4. The van der Waals surface area contributed by atoms with Crippen molar-refractivity contribution in [2.75, 3.05) is 6.26 Å². The molecule has 2 heterocycles. The van der Waals surface area contributed by atoms with Crippen molar-refractivity contribution < 1.29 is 44.3 Å². The van der Waals surface area contributed by atoms with E-state index in [0.717, 1.165) is 4.91 Å². The van der Waals surface area contributed by atoms with Crippen LogP contribution in [0.15, 0.2) is 10.6 Å². The molecule has 0 aromatic heterocycles. The first-order valence-electron chi connectivity index (χ1n) is 3.95. The fourth-order valence-corrected chi connectivity index (χ4v) is 2.52. The Morgan fingerprint density at radius 2 is 2.21 bits per heavy atom. The number of nitrogens with zero attached hydrogens (tertiary/aromatic N) is 1. The molecule has 6 heteroatoms. The van der Waals surface area contributed by atoms with Crippen molar-refractivity contribution in [1.82, 2.24) is 4.90 Å². The Morgan fingerprint density at radius 1 is 1.57 bits per heavy atom. The smallest absolute Gasteiger partial charge is 0.543 e. The average Bonchev–Trinajstić information content (AvgIpc) is 2.37. The second-order valence-corrected chi connectivity index (χ2v) is 3.99. The predicted molar refractivity (Wildman–Crippen MR) is 45.4 cm³/mol. The van der Waals surface area contributed by atoms with Gasteiger partial charge in [-0.15, -0.1) is 11.8 Å². The fourth-order valence-electron chi connectivity index (χ4n) is 1.79. The van der Waals surface area contributed by atoms with Gasteiger partial charge in [-0.05, 0) is 6.26 Å². The Balaban J connectivity index is 0.000000980. The monoisotopic (exact) mass is 221 g/mol. The molecule has 14 heavy (non-hydrogen) atoms. The zero-order chi connectivity index (χ0) is 9.59. The fraction of sp³-hybridized carbons (Fsp3) is 0.500. The number of β-lactam (4-membered cyclic amide) rings is 1. The summed E-state index contributed by atoms with van der Waals surface area (Å²) in [6.45, 7) is 0. The van der Waals surface area contributed by atoms with Crippen molar-refractivity contribution in [3.05, 3.63) is 10.6 Å². The Morgan fingerprint density at radius 3 is 2.64 bits per heavy atom. The molecule has 0 aromatic carbocycles. The molecule has 1 saturated heterocycles. The van der Waals surface area contributed by atoms with Crippen LogP contribution >= 0.6 is 11.8 Å². The van der Waals surface area contributed by atoms with Crippen LogP contribution < -0.4 is 34.7 Å². The zero-order valence-corrected chi connectivity index (χ0v) is 10.9. The second-order valence-electron chi connectivity index (χ2n) is 3.09. The van der Waals surface area contributed by atoms with E-state index in [0.29, 0.717) is 12.8 Å². The SMILES string of the molecule is CSC1=C(C(=O)[O-])N2C(=O)CC2C1.[Na+]. The Bertz CT molecular complexity index is 329. The maximum Gasteiger partial charge on any atom is 1.00 e. The van der Waals surface area contributed by atoms with Crippen molar-refractivity contribution in [1.29, 1.82) is 0 Å². The summed E-state index contributed by atoms with van der Waals surface area (Å²) in [5.41, 5.74) is 0.0914. The number of amides is 1. The van der Waals surface area contributed by atoms with E-state index in [2.05, 4.69) is 0 Å². The van der Waals surface area contributed by atoms with E-state index in [4.69, 9.17) is 0 Å². The van der Waals surface area contributed by atoms with Crippen molar-refractivity contribution in [2.24, 2.45) is 0 Å².